The van der Waals surface area contributed by atoms with Gasteiger partial charge in [-0.05, 0) is 93.7 Å². The van der Waals surface area contributed by atoms with Gasteiger partial charge in [-0.1, -0.05) is 49.9 Å². The number of aromatic nitrogens is 3. The molecule has 0 aliphatic heterocycles. The molecular weight excluding hydrogens is 531 g/mol. The second-order valence-corrected chi connectivity index (χ2v) is 10.9. The van der Waals surface area contributed by atoms with Crippen molar-refractivity contribution in [3.8, 4) is 11.1 Å². The van der Waals surface area contributed by atoms with Crippen molar-refractivity contribution in [2.75, 3.05) is 24.1 Å². The van der Waals surface area contributed by atoms with E-state index >= 15 is 4.39 Å². The van der Waals surface area contributed by atoms with Gasteiger partial charge in [0.05, 0.1) is 10.5 Å². The molecule has 1 aliphatic carbocycles. The number of rotatable bonds is 7. The number of benzene rings is 2. The summed E-state index contributed by atoms with van der Waals surface area (Å²) >= 11 is 7.45. The van der Waals surface area contributed by atoms with Crippen LogP contribution in [0.3, 0.4) is 0 Å². The van der Waals surface area contributed by atoms with E-state index in [9.17, 15) is 0 Å². The number of nitrogens with one attached hydrogen (secondary N) is 3. The third kappa shape index (κ3) is 7.38. The first-order chi connectivity index (χ1) is 18.9. The van der Waals surface area contributed by atoms with Gasteiger partial charge in [0, 0.05) is 33.8 Å². The van der Waals surface area contributed by atoms with Crippen LogP contribution in [0.15, 0.2) is 53.6 Å². The second-order valence-electron chi connectivity index (χ2n) is 9.69. The van der Waals surface area contributed by atoms with Crippen LogP contribution in [0.1, 0.15) is 50.3 Å². The van der Waals surface area contributed by atoms with Crippen LogP contribution in [0, 0.1) is 12.7 Å². The molecule has 5 rings (SSSR count). The van der Waals surface area contributed by atoms with Crippen molar-refractivity contribution in [2.45, 2.75) is 63.3 Å². The van der Waals surface area contributed by atoms with Crippen LogP contribution in [0.4, 0.5) is 16.2 Å². The summed E-state index contributed by atoms with van der Waals surface area (Å²) in [4.78, 5) is 14.8. The number of pyridine rings is 1. The highest BCUT2D eigenvalue weighted by molar-refractivity contribution is 8.00. The van der Waals surface area contributed by atoms with Crippen LogP contribution in [0.25, 0.3) is 22.0 Å². The zero-order chi connectivity index (χ0) is 27.8. The number of halogens is 2. The Morgan fingerprint density at radius 1 is 1.05 bits per heavy atom. The molecule has 2 aromatic carbocycles. The molecule has 39 heavy (non-hydrogen) atoms. The molecule has 0 unspecified atom stereocenters. The van der Waals surface area contributed by atoms with Gasteiger partial charge in [0.25, 0.3) is 0 Å². The molecule has 1 aliphatic rings. The first-order valence-corrected chi connectivity index (χ1v) is 14.6. The molecule has 1 saturated carbocycles. The summed E-state index contributed by atoms with van der Waals surface area (Å²) in [5.41, 5.74) is 4.44. The molecule has 2 heterocycles. The highest BCUT2D eigenvalue weighted by Crippen LogP contribution is 2.33. The van der Waals surface area contributed by atoms with Crippen molar-refractivity contribution in [1.29, 1.82) is 0 Å². The zero-order valence-corrected chi connectivity index (χ0v) is 24.5. The van der Waals surface area contributed by atoms with Crippen molar-refractivity contribution in [3.05, 3.63) is 70.8 Å². The molecule has 1 fully saturated rings. The molecule has 0 atom stereocenters. The van der Waals surface area contributed by atoms with E-state index in [1.54, 1.807) is 6.07 Å². The summed E-state index contributed by atoms with van der Waals surface area (Å²) in [6, 6.07) is 13.5. The lowest BCUT2D eigenvalue weighted by Gasteiger charge is -2.22. The molecule has 0 bridgehead atoms. The Kier molecular flexibility index (Phi) is 10.4. The minimum absolute atomic E-state index is 0.180. The molecule has 9 heteroatoms. The lowest BCUT2D eigenvalue weighted by Crippen LogP contribution is -2.23. The van der Waals surface area contributed by atoms with Gasteiger partial charge in [-0.2, -0.15) is 0 Å². The molecule has 0 saturated heterocycles. The van der Waals surface area contributed by atoms with Gasteiger partial charge < -0.3 is 15.4 Å². The van der Waals surface area contributed by atoms with Crippen molar-refractivity contribution < 1.29 is 4.39 Å². The number of anilines is 2. The molecule has 6 nitrogen and oxygen atoms in total. The van der Waals surface area contributed by atoms with Gasteiger partial charge >= 0.3 is 0 Å². The predicted octanol–water partition coefficient (Wildman–Crippen LogP) is 8.05. The fraction of sp³-hybridized carbons (Fsp3) is 0.367. The molecule has 2 aromatic heterocycles. The maximum absolute atomic E-state index is 15.1. The lowest BCUT2D eigenvalue weighted by molar-refractivity contribution is 0.461. The SMILES string of the molecule is CCc1cc(-c2cc(F)c(NSc3ccccc3Cl)nc2C)cc2cnc(NC3CCCCC3)nc12.CNC. The monoisotopic (exact) mass is 566 g/mol. The Hall–Kier alpha value is -2.94. The average molecular weight is 567 g/mol. The topological polar surface area (TPSA) is 74.8 Å². The van der Waals surface area contributed by atoms with E-state index in [0.29, 0.717) is 17.0 Å². The fourth-order valence-electron chi connectivity index (χ4n) is 4.72. The molecule has 0 radical (unpaired) electrons. The summed E-state index contributed by atoms with van der Waals surface area (Å²) < 4.78 is 18.1. The number of nitrogens with zero attached hydrogens (tertiary/aromatic N) is 3. The van der Waals surface area contributed by atoms with Gasteiger partial charge in [0.15, 0.2) is 11.6 Å². The minimum Gasteiger partial charge on any atom is -0.351 e. The van der Waals surface area contributed by atoms with E-state index in [-0.39, 0.29) is 5.82 Å². The smallest absolute Gasteiger partial charge is 0.223 e. The third-order valence-corrected chi connectivity index (χ3v) is 7.97. The largest absolute Gasteiger partial charge is 0.351 e. The summed E-state index contributed by atoms with van der Waals surface area (Å²) in [6.07, 6.45) is 8.84. The van der Waals surface area contributed by atoms with Crippen LogP contribution in [-0.2, 0) is 6.42 Å². The first-order valence-electron chi connectivity index (χ1n) is 13.4. The summed E-state index contributed by atoms with van der Waals surface area (Å²) in [5.74, 6) is 0.447. The van der Waals surface area contributed by atoms with Crippen LogP contribution in [-0.4, -0.2) is 35.1 Å². The van der Waals surface area contributed by atoms with E-state index < -0.39 is 5.82 Å². The van der Waals surface area contributed by atoms with Gasteiger partial charge in [-0.15, -0.1) is 0 Å². The summed E-state index contributed by atoms with van der Waals surface area (Å²) in [5, 5.41) is 7.81. The third-order valence-electron chi connectivity index (χ3n) is 6.65. The molecule has 4 aromatic rings. The van der Waals surface area contributed by atoms with E-state index in [2.05, 4.69) is 38.3 Å². The molecular formula is C30H36ClFN6S. The van der Waals surface area contributed by atoms with E-state index in [0.717, 1.165) is 44.6 Å². The van der Waals surface area contributed by atoms with Gasteiger partial charge in [0.2, 0.25) is 5.95 Å². The molecule has 206 valence electrons. The number of hydrogen-bond acceptors (Lipinski definition) is 7. The van der Waals surface area contributed by atoms with E-state index in [4.69, 9.17) is 16.6 Å². The van der Waals surface area contributed by atoms with Crippen molar-refractivity contribution >= 4 is 46.2 Å². The quantitative estimate of drug-likeness (QED) is 0.195. The summed E-state index contributed by atoms with van der Waals surface area (Å²) in [6.45, 7) is 4.00. The number of fused-ring (bicyclic) bond motifs is 1. The Bertz CT molecular complexity index is 1410. The highest BCUT2D eigenvalue weighted by atomic mass is 35.5. The maximum atomic E-state index is 15.1. The zero-order valence-electron chi connectivity index (χ0n) is 22.9. The Balaban J connectivity index is 0.00000112. The molecule has 0 amide bonds. The maximum Gasteiger partial charge on any atom is 0.223 e. The Labute approximate surface area is 239 Å². The fourth-order valence-corrected chi connectivity index (χ4v) is 5.63. The predicted molar refractivity (Wildman–Crippen MR) is 163 cm³/mol. The second kappa shape index (κ2) is 13.9. The Morgan fingerprint density at radius 3 is 2.51 bits per heavy atom. The van der Waals surface area contributed by atoms with E-state index in [1.807, 2.05) is 51.5 Å². The molecule has 0 spiro atoms. The van der Waals surface area contributed by atoms with Crippen LogP contribution >= 0.6 is 23.5 Å². The van der Waals surface area contributed by atoms with Crippen LogP contribution in [0.5, 0.6) is 0 Å². The van der Waals surface area contributed by atoms with E-state index in [1.165, 1.54) is 50.1 Å². The van der Waals surface area contributed by atoms with Crippen molar-refractivity contribution in [1.82, 2.24) is 20.3 Å². The van der Waals surface area contributed by atoms with Crippen LogP contribution in [0.2, 0.25) is 5.02 Å². The standard InChI is InChI=1S/C28H29ClFN5S.C2H7N/c1-3-18-13-19(14-20-16-31-28(34-26(18)20)33-21-9-5-4-6-10-21)22-15-24(30)27(32-17(22)2)35-36-25-12-8-7-11-23(25)29;1-3-2/h7-8,11-16,21H,3-6,9-10H2,1-2H3,(H,32,35)(H,31,33,34);3H,1-2H3. The van der Waals surface area contributed by atoms with Crippen molar-refractivity contribution in [3.63, 3.8) is 0 Å². The lowest BCUT2D eigenvalue weighted by atomic mass is 9.96. The first kappa shape index (κ1) is 29.1. The van der Waals surface area contributed by atoms with Crippen molar-refractivity contribution in [2.24, 2.45) is 0 Å². The van der Waals surface area contributed by atoms with Gasteiger partial charge in [-0.3, -0.25) is 0 Å². The van der Waals surface area contributed by atoms with Gasteiger partial charge in [0.1, 0.15) is 0 Å². The normalized spacial score (nSPS) is 13.6. The van der Waals surface area contributed by atoms with Crippen LogP contribution < -0.4 is 15.4 Å². The minimum atomic E-state index is -0.420. The summed E-state index contributed by atoms with van der Waals surface area (Å²) in [7, 11) is 3.75. The number of aryl methyl sites for hydroxylation is 2. The number of hydrogen-bond donors (Lipinski definition) is 3. The molecule has 3 N–H and O–H groups in total. The highest BCUT2D eigenvalue weighted by Gasteiger charge is 2.17. The Morgan fingerprint density at radius 2 is 1.79 bits per heavy atom. The average Bonchev–Trinajstić information content (AvgIpc) is 2.94. The van der Waals surface area contributed by atoms with Gasteiger partial charge in [-0.25, -0.2) is 19.3 Å².